The van der Waals surface area contributed by atoms with Crippen molar-refractivity contribution in [2.45, 2.75) is 103 Å². The molecule has 0 saturated heterocycles. The van der Waals surface area contributed by atoms with Gasteiger partial charge in [0.2, 0.25) is 0 Å². The van der Waals surface area contributed by atoms with Crippen LogP contribution in [0.2, 0.25) is 5.04 Å². The number of carbonyl (C=O) groups is 1. The number of carbonyl (C=O) groups excluding carboxylic acids is 1. The van der Waals surface area contributed by atoms with Crippen molar-refractivity contribution in [2.75, 3.05) is 6.61 Å². The number of hydrogen-bond donors (Lipinski definition) is 0. The van der Waals surface area contributed by atoms with Crippen molar-refractivity contribution >= 4 is 24.7 Å². The molecular weight excluding hydrogens is 464 g/mol. The number of rotatable bonds is 8. The first-order valence-corrected chi connectivity index (χ1v) is 15.3. The fourth-order valence-electron chi connectivity index (χ4n) is 5.23. The average molecular weight is 511 g/mol. The molecule has 0 aliphatic heterocycles. The van der Waals surface area contributed by atoms with E-state index in [2.05, 4.69) is 81.4 Å². The van der Waals surface area contributed by atoms with E-state index in [9.17, 15) is 4.79 Å². The van der Waals surface area contributed by atoms with Gasteiger partial charge in [0.05, 0.1) is 6.61 Å². The monoisotopic (exact) mass is 510 g/mol. The summed E-state index contributed by atoms with van der Waals surface area (Å²) in [7, 11) is -2.59. The smallest absolute Gasteiger partial charge is 0.338 e. The second-order valence-electron chi connectivity index (χ2n) is 12.8. The minimum atomic E-state index is -2.59. The minimum absolute atomic E-state index is 0.0438. The first kappa shape index (κ1) is 28.6. The molecule has 0 aromatic heterocycles. The van der Waals surface area contributed by atoms with Crippen LogP contribution in [-0.4, -0.2) is 38.2 Å². The SMILES string of the molecule is CC(C)(C)OC(=O)C(C)(C)OC[C@@H]1CCC[C@H](O[Si](c2ccccc2)(c2ccccc2)C(C)(C)C)C1. The third-order valence-corrected chi connectivity index (χ3v) is 12.2. The first-order chi connectivity index (χ1) is 16.7. The van der Waals surface area contributed by atoms with Crippen molar-refractivity contribution in [1.82, 2.24) is 0 Å². The zero-order valence-electron chi connectivity index (χ0n) is 23.6. The molecule has 0 radical (unpaired) electrons. The molecule has 4 nitrogen and oxygen atoms in total. The average Bonchev–Trinajstić information content (AvgIpc) is 2.81. The zero-order chi connectivity index (χ0) is 26.6. The molecule has 3 rings (SSSR count). The molecule has 2 aromatic rings. The van der Waals surface area contributed by atoms with E-state index in [4.69, 9.17) is 13.9 Å². The summed E-state index contributed by atoms with van der Waals surface area (Å²) >= 11 is 0. The van der Waals surface area contributed by atoms with Crippen LogP contribution in [0.15, 0.2) is 60.7 Å². The van der Waals surface area contributed by atoms with Crippen molar-refractivity contribution in [3.05, 3.63) is 60.7 Å². The van der Waals surface area contributed by atoms with Gasteiger partial charge in [0.15, 0.2) is 5.60 Å². The van der Waals surface area contributed by atoms with Gasteiger partial charge in [-0.25, -0.2) is 4.79 Å². The van der Waals surface area contributed by atoms with Crippen molar-refractivity contribution < 1.29 is 18.7 Å². The molecule has 198 valence electrons. The molecule has 0 amide bonds. The van der Waals surface area contributed by atoms with Crippen molar-refractivity contribution in [3.8, 4) is 0 Å². The summed E-state index contributed by atoms with van der Waals surface area (Å²) in [6, 6.07) is 21.7. The van der Waals surface area contributed by atoms with Gasteiger partial charge < -0.3 is 13.9 Å². The van der Waals surface area contributed by atoms with E-state index in [-0.39, 0.29) is 17.1 Å². The highest BCUT2D eigenvalue weighted by atomic mass is 28.4. The quantitative estimate of drug-likeness (QED) is 0.311. The topological polar surface area (TPSA) is 44.8 Å². The van der Waals surface area contributed by atoms with Crippen LogP contribution in [0.3, 0.4) is 0 Å². The maximum atomic E-state index is 12.7. The third kappa shape index (κ3) is 6.87. The molecule has 1 aliphatic rings. The number of ether oxygens (including phenoxy) is 2. The Morgan fingerprint density at radius 2 is 1.36 bits per heavy atom. The largest absolute Gasteiger partial charge is 0.458 e. The number of benzene rings is 2. The standard InChI is InChI=1S/C31H46O4Si/c1-29(2,3)34-28(32)31(7,8)33-23-24-16-15-17-25(22-24)35-36(30(4,5)6,26-18-11-9-12-19-26)27-20-13-10-14-21-27/h9-14,18-21,24-25H,15-17,22-23H2,1-8H3/t24-,25+/m1/s1. The Hall–Kier alpha value is -1.95. The molecule has 5 heteroatoms. The zero-order valence-corrected chi connectivity index (χ0v) is 24.6. The Bertz CT molecular complexity index is 934. The summed E-state index contributed by atoms with van der Waals surface area (Å²) in [6.07, 6.45) is 4.34. The van der Waals surface area contributed by atoms with E-state index in [1.807, 2.05) is 20.8 Å². The van der Waals surface area contributed by atoms with E-state index < -0.39 is 19.5 Å². The van der Waals surface area contributed by atoms with Crippen LogP contribution < -0.4 is 10.4 Å². The van der Waals surface area contributed by atoms with Gasteiger partial charge in [-0.3, -0.25) is 0 Å². The van der Waals surface area contributed by atoms with Crippen LogP contribution in [-0.2, 0) is 18.7 Å². The highest BCUT2D eigenvalue weighted by Gasteiger charge is 2.51. The highest BCUT2D eigenvalue weighted by molar-refractivity contribution is 6.99. The molecule has 2 aromatic carbocycles. The summed E-state index contributed by atoms with van der Waals surface area (Å²) in [5.41, 5.74) is -1.50. The van der Waals surface area contributed by atoms with Gasteiger partial charge in [-0.15, -0.1) is 0 Å². The Balaban J connectivity index is 1.81. The lowest BCUT2D eigenvalue weighted by Crippen LogP contribution is -2.68. The van der Waals surface area contributed by atoms with Gasteiger partial charge in [0.25, 0.3) is 8.32 Å². The summed E-state index contributed by atoms with van der Waals surface area (Å²) < 4.78 is 19.1. The van der Waals surface area contributed by atoms with Gasteiger partial charge in [-0.05, 0) is 75.2 Å². The van der Waals surface area contributed by atoms with E-state index in [0.29, 0.717) is 12.5 Å². The molecule has 0 bridgehead atoms. The minimum Gasteiger partial charge on any atom is -0.458 e. The normalized spacial score (nSPS) is 19.7. The summed E-state index contributed by atoms with van der Waals surface area (Å²) in [4.78, 5) is 12.7. The molecule has 36 heavy (non-hydrogen) atoms. The summed E-state index contributed by atoms with van der Waals surface area (Å²) in [5.74, 6) is 0.0367. The molecule has 0 heterocycles. The predicted octanol–water partition coefficient (Wildman–Crippen LogP) is 6.26. The summed E-state index contributed by atoms with van der Waals surface area (Å²) in [5, 5.41) is 2.58. The van der Waals surface area contributed by atoms with Gasteiger partial charge in [-0.1, -0.05) is 87.9 Å². The lowest BCUT2D eigenvalue weighted by molar-refractivity contribution is -0.181. The van der Waals surface area contributed by atoms with Gasteiger partial charge in [-0.2, -0.15) is 0 Å². The van der Waals surface area contributed by atoms with E-state index in [0.717, 1.165) is 25.7 Å². The van der Waals surface area contributed by atoms with Crippen molar-refractivity contribution in [3.63, 3.8) is 0 Å². The molecule has 1 saturated carbocycles. The van der Waals surface area contributed by atoms with E-state index in [1.165, 1.54) is 10.4 Å². The molecule has 1 fully saturated rings. The Morgan fingerprint density at radius 3 is 1.83 bits per heavy atom. The highest BCUT2D eigenvalue weighted by Crippen LogP contribution is 2.40. The maximum absolute atomic E-state index is 12.7. The van der Waals surface area contributed by atoms with Gasteiger partial charge >= 0.3 is 5.97 Å². The van der Waals surface area contributed by atoms with Crippen LogP contribution in [0.1, 0.15) is 81.1 Å². The number of hydrogen-bond acceptors (Lipinski definition) is 4. The van der Waals surface area contributed by atoms with Crippen molar-refractivity contribution in [1.29, 1.82) is 0 Å². The molecule has 0 spiro atoms. The molecule has 0 N–H and O–H groups in total. The van der Waals surface area contributed by atoms with E-state index in [1.54, 1.807) is 13.8 Å². The van der Waals surface area contributed by atoms with Gasteiger partial charge in [0, 0.05) is 6.10 Å². The Kier molecular flexibility index (Phi) is 8.90. The fraction of sp³-hybridized carbons (Fsp3) is 0.581. The second kappa shape index (κ2) is 11.2. The van der Waals surface area contributed by atoms with Crippen LogP contribution in [0, 0.1) is 5.92 Å². The lowest BCUT2D eigenvalue weighted by Gasteiger charge is -2.46. The first-order valence-electron chi connectivity index (χ1n) is 13.4. The second-order valence-corrected chi connectivity index (χ2v) is 17.0. The molecule has 1 aliphatic carbocycles. The molecular formula is C31H46O4Si. The molecule has 0 unspecified atom stereocenters. The van der Waals surface area contributed by atoms with Gasteiger partial charge in [0.1, 0.15) is 5.60 Å². The van der Waals surface area contributed by atoms with E-state index >= 15 is 0 Å². The van der Waals surface area contributed by atoms with Crippen LogP contribution in [0.4, 0.5) is 0 Å². The van der Waals surface area contributed by atoms with Crippen LogP contribution in [0.25, 0.3) is 0 Å². The number of esters is 1. The summed E-state index contributed by atoms with van der Waals surface area (Å²) in [6.45, 7) is 16.8. The molecule has 2 atom stereocenters. The van der Waals surface area contributed by atoms with Crippen LogP contribution in [0.5, 0.6) is 0 Å². The van der Waals surface area contributed by atoms with Crippen molar-refractivity contribution in [2.24, 2.45) is 5.92 Å². The lowest BCUT2D eigenvalue weighted by atomic mass is 9.88. The Morgan fingerprint density at radius 1 is 0.833 bits per heavy atom. The fourth-order valence-corrected chi connectivity index (χ4v) is 9.96. The third-order valence-electron chi connectivity index (χ3n) is 7.07. The Labute approximate surface area is 219 Å². The predicted molar refractivity (Wildman–Crippen MR) is 150 cm³/mol. The maximum Gasteiger partial charge on any atom is 0.338 e. The van der Waals surface area contributed by atoms with Crippen LogP contribution >= 0.6 is 0 Å².